The van der Waals surface area contributed by atoms with Crippen LogP contribution in [0, 0.1) is 0 Å². The zero-order valence-electron chi connectivity index (χ0n) is 9.66. The quantitative estimate of drug-likeness (QED) is 0.870. The van der Waals surface area contributed by atoms with Gasteiger partial charge < -0.3 is 5.32 Å². The molecular formula is C11H12N4O2S. The van der Waals surface area contributed by atoms with Crippen LogP contribution in [0.25, 0.3) is 0 Å². The van der Waals surface area contributed by atoms with Gasteiger partial charge in [-0.2, -0.15) is 0 Å². The number of nitrogens with one attached hydrogen (secondary N) is 2. The van der Waals surface area contributed by atoms with E-state index in [9.17, 15) is 8.42 Å². The van der Waals surface area contributed by atoms with Gasteiger partial charge in [-0.3, -0.25) is 0 Å². The molecule has 1 aromatic carbocycles. The fourth-order valence-corrected chi connectivity index (χ4v) is 2.35. The van der Waals surface area contributed by atoms with E-state index in [1.54, 1.807) is 25.2 Å². The summed E-state index contributed by atoms with van der Waals surface area (Å²) in [5.41, 5.74) is 0.715. The van der Waals surface area contributed by atoms with Crippen LogP contribution in [-0.2, 0) is 10.0 Å². The van der Waals surface area contributed by atoms with Gasteiger partial charge in [0.15, 0.2) is 0 Å². The van der Waals surface area contributed by atoms with Gasteiger partial charge in [-0.15, -0.1) is 0 Å². The first-order valence-corrected chi connectivity index (χ1v) is 6.68. The third-order valence-electron chi connectivity index (χ3n) is 2.22. The van der Waals surface area contributed by atoms with E-state index in [0.717, 1.165) is 0 Å². The smallest absolute Gasteiger partial charge is 0.264 e. The summed E-state index contributed by atoms with van der Waals surface area (Å²) in [6.07, 6.45) is 2.93. The highest BCUT2D eigenvalue weighted by Gasteiger charge is 2.15. The standard InChI is InChI=1S/C11H12N4O2S/c1-12-9-4-2-5-10(8-9)18(16,17)15-11-13-6-3-7-14-11/h2-8,12H,1H3,(H,13,14,15). The number of hydrogen-bond acceptors (Lipinski definition) is 5. The molecule has 0 aliphatic heterocycles. The zero-order valence-corrected chi connectivity index (χ0v) is 10.5. The number of nitrogens with zero attached hydrogens (tertiary/aromatic N) is 2. The van der Waals surface area contributed by atoms with E-state index in [1.807, 2.05) is 0 Å². The van der Waals surface area contributed by atoms with Gasteiger partial charge in [0.05, 0.1) is 4.90 Å². The molecule has 0 unspecified atom stereocenters. The Hall–Kier alpha value is -2.15. The van der Waals surface area contributed by atoms with Crippen molar-refractivity contribution in [3.8, 4) is 0 Å². The molecule has 7 heteroatoms. The molecule has 0 fully saturated rings. The number of hydrogen-bond donors (Lipinski definition) is 2. The van der Waals surface area contributed by atoms with Gasteiger partial charge in [0.1, 0.15) is 0 Å². The largest absolute Gasteiger partial charge is 0.388 e. The molecule has 0 spiro atoms. The molecule has 18 heavy (non-hydrogen) atoms. The van der Waals surface area contributed by atoms with Crippen molar-refractivity contribution in [1.82, 2.24) is 9.97 Å². The Morgan fingerprint density at radius 3 is 2.50 bits per heavy atom. The molecule has 0 bridgehead atoms. The van der Waals surface area contributed by atoms with Crippen molar-refractivity contribution in [1.29, 1.82) is 0 Å². The fraction of sp³-hybridized carbons (Fsp3) is 0.0909. The van der Waals surface area contributed by atoms with Gasteiger partial charge >= 0.3 is 0 Å². The summed E-state index contributed by atoms with van der Waals surface area (Å²) in [6, 6.07) is 8.08. The SMILES string of the molecule is CNc1cccc(S(=O)(=O)Nc2ncccn2)c1. The Balaban J connectivity index is 2.31. The summed E-state index contributed by atoms with van der Waals surface area (Å²) in [5, 5.41) is 2.88. The topological polar surface area (TPSA) is 84.0 Å². The maximum absolute atomic E-state index is 12.1. The lowest BCUT2D eigenvalue weighted by Gasteiger charge is -2.07. The highest BCUT2D eigenvalue weighted by atomic mass is 32.2. The second kappa shape index (κ2) is 5.01. The maximum Gasteiger partial charge on any atom is 0.264 e. The normalized spacial score (nSPS) is 10.9. The second-order valence-corrected chi connectivity index (χ2v) is 5.14. The first-order valence-electron chi connectivity index (χ1n) is 5.19. The van der Waals surface area contributed by atoms with Crippen molar-refractivity contribution in [3.63, 3.8) is 0 Å². The molecular weight excluding hydrogens is 252 g/mol. The minimum Gasteiger partial charge on any atom is -0.388 e. The third-order valence-corrected chi connectivity index (χ3v) is 3.55. The van der Waals surface area contributed by atoms with Gasteiger partial charge in [0, 0.05) is 25.1 Å². The van der Waals surface area contributed by atoms with Crippen LogP contribution in [-0.4, -0.2) is 25.4 Å². The number of rotatable bonds is 4. The van der Waals surface area contributed by atoms with Crippen LogP contribution >= 0.6 is 0 Å². The van der Waals surface area contributed by atoms with Crippen LogP contribution in [0.15, 0.2) is 47.6 Å². The molecule has 0 radical (unpaired) electrons. The lowest BCUT2D eigenvalue weighted by molar-refractivity contribution is 0.601. The maximum atomic E-state index is 12.1. The summed E-state index contributed by atoms with van der Waals surface area (Å²) >= 11 is 0. The molecule has 2 N–H and O–H groups in total. The minimum absolute atomic E-state index is 0.0485. The molecule has 6 nitrogen and oxygen atoms in total. The Bertz CT molecular complexity index is 629. The molecule has 0 aliphatic carbocycles. The molecule has 0 aliphatic rings. The lowest BCUT2D eigenvalue weighted by atomic mass is 10.3. The van der Waals surface area contributed by atoms with E-state index in [1.165, 1.54) is 24.5 Å². The van der Waals surface area contributed by atoms with Crippen LogP contribution < -0.4 is 10.0 Å². The summed E-state index contributed by atoms with van der Waals surface area (Å²) in [4.78, 5) is 7.78. The summed E-state index contributed by atoms with van der Waals surface area (Å²) < 4.78 is 26.4. The van der Waals surface area contributed by atoms with Gasteiger partial charge in [-0.25, -0.2) is 23.1 Å². The molecule has 2 aromatic rings. The summed E-state index contributed by atoms with van der Waals surface area (Å²) in [7, 11) is -1.94. The van der Waals surface area contributed by atoms with E-state index in [0.29, 0.717) is 5.69 Å². The Labute approximate surface area is 105 Å². The molecule has 0 saturated heterocycles. The number of anilines is 2. The Morgan fingerprint density at radius 2 is 1.83 bits per heavy atom. The van der Waals surface area contributed by atoms with Crippen LogP contribution in [0.5, 0.6) is 0 Å². The van der Waals surface area contributed by atoms with E-state index in [2.05, 4.69) is 20.0 Å². The molecule has 2 rings (SSSR count). The van der Waals surface area contributed by atoms with Crippen molar-refractivity contribution >= 4 is 21.7 Å². The van der Waals surface area contributed by atoms with E-state index in [-0.39, 0.29) is 10.8 Å². The molecule has 94 valence electrons. The molecule has 0 amide bonds. The summed E-state index contributed by atoms with van der Waals surface area (Å²) in [6.45, 7) is 0. The number of benzene rings is 1. The highest BCUT2D eigenvalue weighted by Crippen LogP contribution is 2.16. The van der Waals surface area contributed by atoms with Crippen molar-refractivity contribution in [2.75, 3.05) is 17.1 Å². The lowest BCUT2D eigenvalue weighted by Crippen LogP contribution is -2.14. The highest BCUT2D eigenvalue weighted by molar-refractivity contribution is 7.92. The zero-order chi connectivity index (χ0) is 13.0. The van der Waals surface area contributed by atoms with E-state index < -0.39 is 10.0 Å². The van der Waals surface area contributed by atoms with Gasteiger partial charge in [0.25, 0.3) is 10.0 Å². The van der Waals surface area contributed by atoms with Crippen molar-refractivity contribution in [2.24, 2.45) is 0 Å². The predicted octanol–water partition coefficient (Wildman–Crippen LogP) is 1.32. The van der Waals surface area contributed by atoms with Crippen LogP contribution in [0.4, 0.5) is 11.6 Å². The Kier molecular flexibility index (Phi) is 3.42. The average Bonchev–Trinajstić information content (AvgIpc) is 2.39. The van der Waals surface area contributed by atoms with E-state index in [4.69, 9.17) is 0 Å². The van der Waals surface area contributed by atoms with Crippen molar-refractivity contribution < 1.29 is 8.42 Å². The first-order chi connectivity index (χ1) is 8.62. The third kappa shape index (κ3) is 2.75. The second-order valence-electron chi connectivity index (χ2n) is 3.46. The number of sulfonamides is 1. The van der Waals surface area contributed by atoms with Crippen LogP contribution in [0.2, 0.25) is 0 Å². The molecule has 0 atom stereocenters. The molecule has 1 aromatic heterocycles. The minimum atomic E-state index is -3.66. The first kappa shape index (κ1) is 12.3. The van der Waals surface area contributed by atoms with E-state index >= 15 is 0 Å². The fourth-order valence-electron chi connectivity index (χ4n) is 1.35. The average molecular weight is 264 g/mol. The van der Waals surface area contributed by atoms with Crippen molar-refractivity contribution in [3.05, 3.63) is 42.7 Å². The predicted molar refractivity (Wildman–Crippen MR) is 68.8 cm³/mol. The molecule has 1 heterocycles. The summed E-state index contributed by atoms with van der Waals surface area (Å²) in [5.74, 6) is 0.0485. The monoisotopic (exact) mass is 264 g/mol. The van der Waals surface area contributed by atoms with Crippen molar-refractivity contribution in [2.45, 2.75) is 4.90 Å². The Morgan fingerprint density at radius 1 is 1.11 bits per heavy atom. The van der Waals surface area contributed by atoms with Gasteiger partial charge in [-0.1, -0.05) is 6.07 Å². The van der Waals surface area contributed by atoms with Crippen LogP contribution in [0.3, 0.4) is 0 Å². The van der Waals surface area contributed by atoms with Crippen LogP contribution in [0.1, 0.15) is 0 Å². The van der Waals surface area contributed by atoms with Gasteiger partial charge in [0.2, 0.25) is 5.95 Å². The van der Waals surface area contributed by atoms with Gasteiger partial charge in [-0.05, 0) is 24.3 Å². The number of aromatic nitrogens is 2. The molecule has 0 saturated carbocycles.